The Kier molecular flexibility index (Phi) is 11.4. The topological polar surface area (TPSA) is 226 Å². The Balaban J connectivity index is 1.33. The molecule has 0 saturated carbocycles. The summed E-state index contributed by atoms with van der Waals surface area (Å²) in [4.78, 5) is 30.8. The molecule has 0 radical (unpaired) electrons. The Morgan fingerprint density at radius 1 is 1.18 bits per heavy atom. The van der Waals surface area contributed by atoms with Gasteiger partial charge in [-0.05, 0) is 35.4 Å². The molecule has 3 aromatic rings. The monoisotopic (exact) mass is 740 g/mol. The number of ether oxygens (including phenoxy) is 3. The SMILES string of the molecule is COC1c2ccccc2C(=O)c2c(O)c3c(c(O)c21)C(O[C@H]1C[C@H](N)[C@H](O)[C@H](C)O1)CC(O)(/C(CO)=N/NC(=O)CCSSc1ccccn1)C3. The highest BCUT2D eigenvalue weighted by Gasteiger charge is 2.49. The Bertz CT molecular complexity index is 1800. The van der Waals surface area contributed by atoms with Crippen LogP contribution in [0.15, 0.2) is 58.8 Å². The third kappa shape index (κ3) is 7.38. The number of aliphatic hydroxyl groups excluding tert-OH is 2. The lowest BCUT2D eigenvalue weighted by atomic mass is 9.71. The highest BCUT2D eigenvalue weighted by atomic mass is 33.1. The van der Waals surface area contributed by atoms with Gasteiger partial charge < -0.3 is 45.5 Å². The summed E-state index contributed by atoms with van der Waals surface area (Å²) in [5.41, 5.74) is 6.98. The molecule has 1 amide bonds. The number of methoxy groups -OCH3 is 1. The van der Waals surface area contributed by atoms with E-state index in [1.54, 1.807) is 37.4 Å². The van der Waals surface area contributed by atoms with Crippen molar-refractivity contribution in [2.75, 3.05) is 19.5 Å². The van der Waals surface area contributed by atoms with Crippen molar-refractivity contribution in [3.05, 3.63) is 82.0 Å². The van der Waals surface area contributed by atoms with E-state index in [9.17, 15) is 35.1 Å². The average Bonchev–Trinajstić information content (AvgIpc) is 3.11. The highest BCUT2D eigenvalue weighted by molar-refractivity contribution is 8.76. The van der Waals surface area contributed by atoms with Crippen LogP contribution in [0.25, 0.3) is 0 Å². The molecule has 6 rings (SSSR count). The first kappa shape index (κ1) is 37.2. The van der Waals surface area contributed by atoms with Crippen molar-refractivity contribution in [3.8, 4) is 11.5 Å². The van der Waals surface area contributed by atoms with Gasteiger partial charge in [-0.3, -0.25) is 9.59 Å². The Hall–Kier alpha value is -3.58. The van der Waals surface area contributed by atoms with Gasteiger partial charge in [0.1, 0.15) is 28.2 Å². The van der Waals surface area contributed by atoms with Crippen LogP contribution >= 0.6 is 21.6 Å². The molecular weight excluding hydrogens is 701 g/mol. The molecule has 51 heavy (non-hydrogen) atoms. The fourth-order valence-electron chi connectivity index (χ4n) is 6.86. The van der Waals surface area contributed by atoms with Gasteiger partial charge in [0.15, 0.2) is 12.1 Å². The molecule has 2 aromatic carbocycles. The first-order chi connectivity index (χ1) is 24.5. The zero-order chi connectivity index (χ0) is 36.4. The lowest BCUT2D eigenvalue weighted by molar-refractivity contribution is -0.245. The van der Waals surface area contributed by atoms with Gasteiger partial charge >= 0.3 is 0 Å². The maximum Gasteiger partial charge on any atom is 0.240 e. The predicted octanol–water partition coefficient (Wildman–Crippen LogP) is 2.63. The number of nitrogens with one attached hydrogen (secondary N) is 1. The predicted molar refractivity (Wildman–Crippen MR) is 188 cm³/mol. The second-order valence-electron chi connectivity index (χ2n) is 12.7. The molecule has 7 atom stereocenters. The number of aliphatic hydroxyl groups is 3. The third-order valence-electron chi connectivity index (χ3n) is 9.42. The fourth-order valence-corrected chi connectivity index (χ4v) is 8.73. The molecule has 16 heteroatoms. The number of rotatable bonds is 11. The van der Waals surface area contributed by atoms with Crippen LogP contribution < -0.4 is 11.2 Å². The summed E-state index contributed by atoms with van der Waals surface area (Å²) < 4.78 is 18.0. The fraction of sp³-hybridized carbons (Fsp3) is 0.429. The van der Waals surface area contributed by atoms with E-state index in [-0.39, 0.29) is 58.5 Å². The molecule has 14 nitrogen and oxygen atoms in total. The van der Waals surface area contributed by atoms with Gasteiger partial charge in [0.2, 0.25) is 5.91 Å². The van der Waals surface area contributed by atoms with Gasteiger partial charge in [0.05, 0.1) is 36.2 Å². The van der Waals surface area contributed by atoms with Gasteiger partial charge in [0.25, 0.3) is 0 Å². The van der Waals surface area contributed by atoms with E-state index in [0.717, 1.165) is 5.03 Å². The summed E-state index contributed by atoms with van der Waals surface area (Å²) in [6.07, 6.45) is -3.71. The first-order valence-electron chi connectivity index (χ1n) is 16.4. The minimum Gasteiger partial charge on any atom is -0.507 e. The van der Waals surface area contributed by atoms with Crippen LogP contribution in [-0.2, 0) is 25.4 Å². The third-order valence-corrected chi connectivity index (χ3v) is 11.7. The number of hydrogen-bond donors (Lipinski definition) is 7. The minimum absolute atomic E-state index is 0.0174. The van der Waals surface area contributed by atoms with E-state index < -0.39 is 72.8 Å². The number of amides is 1. The van der Waals surface area contributed by atoms with Gasteiger partial charge in [-0.2, -0.15) is 5.10 Å². The maximum absolute atomic E-state index is 13.9. The molecule has 2 heterocycles. The van der Waals surface area contributed by atoms with Crippen LogP contribution in [-0.4, -0.2) is 97.5 Å². The zero-order valence-electron chi connectivity index (χ0n) is 27.9. The van der Waals surface area contributed by atoms with Crippen molar-refractivity contribution in [2.24, 2.45) is 10.8 Å². The summed E-state index contributed by atoms with van der Waals surface area (Å²) >= 11 is 0. The molecular formula is C35H40N4O10S2. The zero-order valence-corrected chi connectivity index (χ0v) is 29.5. The molecule has 1 saturated heterocycles. The first-order valence-corrected chi connectivity index (χ1v) is 18.7. The lowest BCUT2D eigenvalue weighted by Gasteiger charge is -2.43. The summed E-state index contributed by atoms with van der Waals surface area (Å²) in [7, 11) is 4.27. The number of phenols is 2. The molecule has 1 aliphatic heterocycles. The number of aromatic nitrogens is 1. The highest BCUT2D eigenvalue weighted by Crippen LogP contribution is 2.54. The van der Waals surface area contributed by atoms with Crippen LogP contribution in [0.4, 0.5) is 0 Å². The maximum atomic E-state index is 13.9. The van der Waals surface area contributed by atoms with Crippen molar-refractivity contribution >= 4 is 39.0 Å². The standard InChI is InChI=1S/C35H40N4O10S2/c1-17-30(42)21(36)13-26(48-17)49-22-15-35(46,23(16-40)38-39-24(41)10-12-50-51-25-9-5-6-11-37-25)14-20-27(22)33(45)29-28(32(20)44)31(43)18-7-3-4-8-19(18)34(29)47-2/h3-9,11,17,21-22,26,30,34,40,42,44-46H,10,12-16,36H2,1-2H3,(H,39,41)/b38-23+/t17-,21-,22?,26-,30+,34?,35?/m0/s1. The van der Waals surface area contributed by atoms with Crippen molar-refractivity contribution in [3.63, 3.8) is 0 Å². The summed E-state index contributed by atoms with van der Waals surface area (Å²) in [6, 6.07) is 11.5. The molecule has 272 valence electrons. The molecule has 8 N–H and O–H groups in total. The normalized spacial score (nSPS) is 27.3. The van der Waals surface area contributed by atoms with Crippen LogP contribution in [0.2, 0.25) is 0 Å². The van der Waals surface area contributed by atoms with Crippen molar-refractivity contribution in [1.29, 1.82) is 0 Å². The number of hydrogen-bond acceptors (Lipinski definition) is 15. The summed E-state index contributed by atoms with van der Waals surface area (Å²) in [5, 5.41) is 61.7. The summed E-state index contributed by atoms with van der Waals surface area (Å²) in [6.45, 7) is 0.846. The number of ketones is 1. The Labute approximate surface area is 301 Å². The number of benzene rings is 2. The van der Waals surface area contributed by atoms with Gasteiger partial charge in [0, 0.05) is 73.0 Å². The van der Waals surface area contributed by atoms with Crippen LogP contribution in [0, 0.1) is 0 Å². The van der Waals surface area contributed by atoms with Crippen molar-refractivity contribution < 1.29 is 49.3 Å². The van der Waals surface area contributed by atoms with Crippen LogP contribution in [0.3, 0.4) is 0 Å². The minimum atomic E-state index is -2.04. The van der Waals surface area contributed by atoms with Gasteiger partial charge in [-0.1, -0.05) is 41.1 Å². The second kappa shape index (κ2) is 15.6. The van der Waals surface area contributed by atoms with Gasteiger partial charge in [-0.25, -0.2) is 10.4 Å². The van der Waals surface area contributed by atoms with E-state index in [1.807, 2.05) is 18.2 Å². The lowest BCUT2D eigenvalue weighted by Crippen LogP contribution is -2.53. The Morgan fingerprint density at radius 3 is 2.65 bits per heavy atom. The Morgan fingerprint density at radius 2 is 1.94 bits per heavy atom. The summed E-state index contributed by atoms with van der Waals surface area (Å²) in [5.74, 6) is -1.46. The number of carbonyl (C=O) groups is 2. The number of nitrogens with two attached hydrogens (primary N) is 1. The van der Waals surface area contributed by atoms with E-state index in [2.05, 4.69) is 15.5 Å². The smallest absolute Gasteiger partial charge is 0.240 e. The number of fused-ring (bicyclic) bond motifs is 3. The number of pyridine rings is 1. The molecule has 2 aliphatic carbocycles. The number of carbonyl (C=O) groups excluding carboxylic acids is 2. The van der Waals surface area contributed by atoms with E-state index in [0.29, 0.717) is 11.3 Å². The van der Waals surface area contributed by atoms with Crippen molar-refractivity contribution in [1.82, 2.24) is 10.4 Å². The van der Waals surface area contributed by atoms with Crippen LogP contribution in [0.5, 0.6) is 11.5 Å². The average molecular weight is 741 g/mol. The number of phenolic OH excluding ortho intramolecular Hbond substituents is 2. The van der Waals surface area contributed by atoms with E-state index >= 15 is 0 Å². The number of nitrogens with zero attached hydrogens (tertiary/aromatic N) is 2. The van der Waals surface area contributed by atoms with Crippen molar-refractivity contribution in [2.45, 2.75) is 80.0 Å². The molecule has 0 bridgehead atoms. The van der Waals surface area contributed by atoms with Gasteiger partial charge in [-0.15, -0.1) is 0 Å². The molecule has 1 aromatic heterocycles. The quantitative estimate of drug-likeness (QED) is 0.0494. The second-order valence-corrected chi connectivity index (χ2v) is 15.1. The van der Waals surface area contributed by atoms with E-state index in [1.165, 1.54) is 28.7 Å². The van der Waals surface area contributed by atoms with Crippen LogP contribution in [0.1, 0.15) is 76.6 Å². The molecule has 1 fully saturated rings. The number of hydrazone groups is 1. The molecule has 3 unspecified atom stereocenters. The molecule has 0 spiro atoms. The largest absolute Gasteiger partial charge is 0.507 e. The van der Waals surface area contributed by atoms with E-state index in [4.69, 9.17) is 19.9 Å². The molecule has 3 aliphatic rings. The number of aromatic hydroxyl groups is 2.